The minimum atomic E-state index is -1.12. The molecular formula is C12H32O8Rh2. The van der Waals surface area contributed by atoms with Gasteiger partial charge in [0.05, 0.1) is 0 Å². The Morgan fingerprint density at radius 1 is 0.409 bits per heavy atom. The fourth-order valence-electron chi connectivity index (χ4n) is 0. The van der Waals surface area contributed by atoms with Crippen LogP contribution in [0.25, 0.3) is 0 Å². The predicted octanol–water partition coefficient (Wildman–Crippen LogP) is -1.18. The van der Waals surface area contributed by atoms with E-state index in [0.717, 1.165) is 0 Å². The largest absolute Gasteiger partial charge is 0.368 e. The van der Waals surface area contributed by atoms with Crippen LogP contribution in [0.1, 0.15) is 53.4 Å². The third-order valence-corrected chi connectivity index (χ3v) is 1.46. The SMILES string of the molecule is CCC(O)O.CCC(O)O.CCC(O)O.CCC(O)O.[Rh].[Rh]. The third-order valence-electron chi connectivity index (χ3n) is 1.46. The molecule has 0 spiro atoms. The first-order valence-corrected chi connectivity index (χ1v) is 6.53. The van der Waals surface area contributed by atoms with Gasteiger partial charge in [0.1, 0.15) is 0 Å². The van der Waals surface area contributed by atoms with Crippen LogP contribution in [0.5, 0.6) is 0 Å². The number of hydrogen-bond donors (Lipinski definition) is 8. The Morgan fingerprint density at radius 3 is 0.455 bits per heavy atom. The summed E-state index contributed by atoms with van der Waals surface area (Å²) in [5.41, 5.74) is 0. The molecule has 0 unspecified atom stereocenters. The van der Waals surface area contributed by atoms with E-state index in [1.54, 1.807) is 27.7 Å². The van der Waals surface area contributed by atoms with E-state index in [2.05, 4.69) is 0 Å². The molecule has 0 saturated heterocycles. The van der Waals surface area contributed by atoms with Crippen LogP contribution in [0, 0.1) is 0 Å². The topological polar surface area (TPSA) is 162 Å². The molecule has 0 fully saturated rings. The summed E-state index contributed by atoms with van der Waals surface area (Å²) < 4.78 is 0. The van der Waals surface area contributed by atoms with Crippen molar-refractivity contribution in [3.8, 4) is 0 Å². The van der Waals surface area contributed by atoms with E-state index < -0.39 is 25.2 Å². The van der Waals surface area contributed by atoms with Crippen molar-refractivity contribution < 1.29 is 79.8 Å². The van der Waals surface area contributed by atoms with Gasteiger partial charge in [-0.2, -0.15) is 0 Å². The van der Waals surface area contributed by atoms with E-state index in [-0.39, 0.29) is 39.0 Å². The molecule has 0 rings (SSSR count). The molecule has 0 saturated carbocycles. The first-order chi connectivity index (χ1) is 9.08. The molecule has 8 nitrogen and oxygen atoms in total. The average molecular weight is 510 g/mol. The van der Waals surface area contributed by atoms with E-state index in [1.807, 2.05) is 0 Å². The second-order valence-corrected chi connectivity index (χ2v) is 3.56. The Balaban J connectivity index is -0.0000000376. The van der Waals surface area contributed by atoms with Gasteiger partial charge in [-0.3, -0.25) is 0 Å². The zero-order chi connectivity index (χ0) is 17.1. The first-order valence-electron chi connectivity index (χ1n) is 6.53. The minimum Gasteiger partial charge on any atom is -0.368 e. The van der Waals surface area contributed by atoms with Crippen LogP contribution in [0.15, 0.2) is 0 Å². The van der Waals surface area contributed by atoms with Crippen LogP contribution in [-0.4, -0.2) is 66.0 Å². The zero-order valence-corrected chi connectivity index (χ0v) is 16.7. The quantitative estimate of drug-likeness (QED) is 0.173. The van der Waals surface area contributed by atoms with Crippen molar-refractivity contribution in [3.05, 3.63) is 0 Å². The second kappa shape index (κ2) is 33.5. The van der Waals surface area contributed by atoms with Gasteiger partial charge in [0.15, 0.2) is 25.2 Å². The zero-order valence-electron chi connectivity index (χ0n) is 13.4. The minimum absolute atomic E-state index is 0. The van der Waals surface area contributed by atoms with E-state index >= 15 is 0 Å². The van der Waals surface area contributed by atoms with Crippen LogP contribution in [0.2, 0.25) is 0 Å². The van der Waals surface area contributed by atoms with Crippen LogP contribution in [-0.2, 0) is 39.0 Å². The predicted molar refractivity (Wildman–Crippen MR) is 74.1 cm³/mol. The van der Waals surface area contributed by atoms with E-state index in [0.29, 0.717) is 25.7 Å². The van der Waals surface area contributed by atoms with Crippen molar-refractivity contribution in [2.75, 3.05) is 0 Å². The molecule has 8 N–H and O–H groups in total. The Bertz CT molecular complexity index is 117. The van der Waals surface area contributed by atoms with Gasteiger partial charge in [0.2, 0.25) is 0 Å². The summed E-state index contributed by atoms with van der Waals surface area (Å²) in [6.07, 6.45) is -2.80. The Kier molecular flexibility index (Phi) is 58.6. The number of hydrogen-bond acceptors (Lipinski definition) is 8. The molecule has 0 heterocycles. The van der Waals surface area contributed by atoms with Gasteiger partial charge in [-0.05, 0) is 25.7 Å². The first kappa shape index (κ1) is 38.5. The molecule has 0 bridgehead atoms. The Labute approximate surface area is 158 Å². The smallest absolute Gasteiger partial charge is 0.151 e. The number of aliphatic hydroxyl groups excluding tert-OH is 4. The van der Waals surface area contributed by atoms with E-state index in [4.69, 9.17) is 40.9 Å². The number of rotatable bonds is 4. The van der Waals surface area contributed by atoms with Gasteiger partial charge in [-0.15, -0.1) is 0 Å². The summed E-state index contributed by atoms with van der Waals surface area (Å²) in [5, 5.41) is 63.3. The van der Waals surface area contributed by atoms with Crippen LogP contribution in [0.4, 0.5) is 0 Å². The van der Waals surface area contributed by atoms with Gasteiger partial charge in [0.25, 0.3) is 0 Å². The second-order valence-electron chi connectivity index (χ2n) is 3.56. The Hall–Kier alpha value is 0.927. The molecule has 22 heavy (non-hydrogen) atoms. The standard InChI is InChI=1S/4C3H8O2.2Rh/c4*1-2-3(4)5;;/h4*3-5H,2H2,1H3;;. The van der Waals surface area contributed by atoms with Gasteiger partial charge >= 0.3 is 0 Å². The van der Waals surface area contributed by atoms with E-state index in [1.165, 1.54) is 0 Å². The average Bonchev–Trinajstić information content (AvgIpc) is 2.40. The van der Waals surface area contributed by atoms with Crippen LogP contribution >= 0.6 is 0 Å². The van der Waals surface area contributed by atoms with Crippen molar-refractivity contribution in [1.82, 2.24) is 0 Å². The summed E-state index contributed by atoms with van der Waals surface area (Å²) in [7, 11) is 0. The molecule has 0 aliphatic heterocycles. The van der Waals surface area contributed by atoms with E-state index in [9.17, 15) is 0 Å². The maximum absolute atomic E-state index is 7.92. The molecule has 2 radical (unpaired) electrons. The maximum atomic E-state index is 7.92. The molecule has 0 aliphatic rings. The summed E-state index contributed by atoms with van der Waals surface area (Å²) >= 11 is 0. The van der Waals surface area contributed by atoms with Gasteiger partial charge in [-0.1, -0.05) is 27.7 Å². The summed E-state index contributed by atoms with van der Waals surface area (Å²) in [5.74, 6) is 0. The summed E-state index contributed by atoms with van der Waals surface area (Å²) in [6.45, 7) is 6.80. The molecule has 0 atom stereocenters. The van der Waals surface area contributed by atoms with Crippen molar-refractivity contribution in [3.63, 3.8) is 0 Å². The molecular weight excluding hydrogens is 478 g/mol. The summed E-state index contributed by atoms with van der Waals surface area (Å²) in [6, 6.07) is 0. The van der Waals surface area contributed by atoms with Crippen molar-refractivity contribution in [2.45, 2.75) is 78.5 Å². The van der Waals surface area contributed by atoms with Crippen LogP contribution < -0.4 is 0 Å². The van der Waals surface area contributed by atoms with Crippen molar-refractivity contribution in [1.29, 1.82) is 0 Å². The molecule has 0 aromatic heterocycles. The van der Waals surface area contributed by atoms with Crippen molar-refractivity contribution in [2.24, 2.45) is 0 Å². The summed E-state index contributed by atoms with van der Waals surface area (Å²) in [4.78, 5) is 0. The van der Waals surface area contributed by atoms with Gasteiger partial charge < -0.3 is 40.9 Å². The fraction of sp³-hybridized carbons (Fsp3) is 1.00. The molecule has 146 valence electrons. The van der Waals surface area contributed by atoms with Crippen molar-refractivity contribution >= 4 is 0 Å². The Morgan fingerprint density at radius 2 is 0.455 bits per heavy atom. The molecule has 0 aromatic rings. The molecule has 10 heteroatoms. The molecule has 0 amide bonds. The fourth-order valence-corrected chi connectivity index (χ4v) is 0. The van der Waals surface area contributed by atoms with Gasteiger partial charge in [0, 0.05) is 39.0 Å². The maximum Gasteiger partial charge on any atom is 0.151 e. The van der Waals surface area contributed by atoms with Gasteiger partial charge in [-0.25, -0.2) is 0 Å². The number of aliphatic hydroxyl groups is 8. The van der Waals surface area contributed by atoms with Crippen LogP contribution in [0.3, 0.4) is 0 Å². The molecule has 0 aromatic carbocycles. The monoisotopic (exact) mass is 510 g/mol. The third kappa shape index (κ3) is 104. The normalized spacial score (nSPS) is 8.73. The molecule has 0 aliphatic carbocycles.